The predicted molar refractivity (Wildman–Crippen MR) is 80.7 cm³/mol. The third-order valence-corrected chi connectivity index (χ3v) is 2.63. The highest BCUT2D eigenvalue weighted by atomic mass is 16.6. The Morgan fingerprint density at radius 2 is 2.23 bits per heavy atom. The van der Waals surface area contributed by atoms with E-state index in [4.69, 9.17) is 10.00 Å². The number of nitro benzene ring substituents is 1. The molecule has 0 spiro atoms. The van der Waals surface area contributed by atoms with E-state index in [-0.39, 0.29) is 11.3 Å². The number of methoxy groups -OCH3 is 1. The summed E-state index contributed by atoms with van der Waals surface area (Å²) in [5, 5.41) is 22.3. The first-order chi connectivity index (χ1) is 10.6. The second-order valence-corrected chi connectivity index (χ2v) is 4.12. The molecular formula is C15H15N3O4. The van der Waals surface area contributed by atoms with Gasteiger partial charge in [-0.15, -0.1) is 0 Å². The average molecular weight is 301 g/mol. The fraction of sp³-hybridized carbons (Fsp3) is 0.200. The Labute approximate surface area is 127 Å². The number of nitrogens with one attached hydrogen (secondary N) is 1. The molecule has 1 aromatic carbocycles. The lowest BCUT2D eigenvalue weighted by Gasteiger charge is -2.01. The summed E-state index contributed by atoms with van der Waals surface area (Å²) in [7, 11) is 1.50. The van der Waals surface area contributed by atoms with Gasteiger partial charge in [0, 0.05) is 19.7 Å². The van der Waals surface area contributed by atoms with Crippen molar-refractivity contribution in [3.05, 3.63) is 57.7 Å². The van der Waals surface area contributed by atoms with E-state index < -0.39 is 10.8 Å². The maximum atomic E-state index is 11.7. The number of rotatable bonds is 7. The third-order valence-electron chi connectivity index (χ3n) is 2.63. The first-order valence-electron chi connectivity index (χ1n) is 6.39. The van der Waals surface area contributed by atoms with E-state index in [1.165, 1.54) is 31.4 Å². The van der Waals surface area contributed by atoms with Crippen LogP contribution in [0.25, 0.3) is 6.08 Å². The second-order valence-electron chi connectivity index (χ2n) is 4.12. The third kappa shape index (κ3) is 5.19. The number of carbonyl (C=O) groups is 1. The molecule has 0 aliphatic carbocycles. The molecule has 0 saturated heterocycles. The van der Waals surface area contributed by atoms with Crippen molar-refractivity contribution in [2.75, 3.05) is 20.3 Å². The van der Waals surface area contributed by atoms with Crippen LogP contribution < -0.4 is 5.32 Å². The number of ether oxygens (including phenoxy) is 1. The van der Waals surface area contributed by atoms with Crippen molar-refractivity contribution < 1.29 is 14.5 Å². The maximum Gasteiger partial charge on any atom is 0.276 e. The molecule has 0 heterocycles. The fourth-order valence-corrected chi connectivity index (χ4v) is 1.57. The summed E-state index contributed by atoms with van der Waals surface area (Å²) in [6.45, 7) is 0.638. The summed E-state index contributed by atoms with van der Waals surface area (Å²) in [4.78, 5) is 22.0. The predicted octanol–water partition coefficient (Wildman–Crippen LogP) is 1.82. The zero-order valence-electron chi connectivity index (χ0n) is 12.0. The van der Waals surface area contributed by atoms with Crippen molar-refractivity contribution in [2.24, 2.45) is 0 Å². The Kier molecular flexibility index (Phi) is 7.02. The Hall–Kier alpha value is -2.98. The van der Waals surface area contributed by atoms with Gasteiger partial charge in [-0.25, -0.2) is 0 Å². The molecule has 0 unspecified atom stereocenters. The number of benzene rings is 1. The van der Waals surface area contributed by atoms with Gasteiger partial charge in [0.2, 0.25) is 0 Å². The van der Waals surface area contributed by atoms with Gasteiger partial charge in [-0.1, -0.05) is 18.2 Å². The molecule has 0 aromatic heterocycles. The van der Waals surface area contributed by atoms with Crippen LogP contribution in [0.2, 0.25) is 0 Å². The van der Waals surface area contributed by atoms with Crippen molar-refractivity contribution in [1.82, 2.24) is 5.32 Å². The van der Waals surface area contributed by atoms with E-state index in [0.717, 1.165) is 0 Å². The van der Waals surface area contributed by atoms with Gasteiger partial charge in [0.05, 0.1) is 17.1 Å². The minimum Gasteiger partial charge on any atom is -0.383 e. The van der Waals surface area contributed by atoms with Gasteiger partial charge in [-0.3, -0.25) is 14.9 Å². The van der Waals surface area contributed by atoms with Gasteiger partial charge in [-0.05, 0) is 18.2 Å². The molecular weight excluding hydrogens is 286 g/mol. The molecule has 0 radical (unpaired) electrons. The molecule has 0 saturated carbocycles. The first-order valence-corrected chi connectivity index (χ1v) is 6.39. The normalized spacial score (nSPS) is 11.2. The van der Waals surface area contributed by atoms with Gasteiger partial charge in [0.15, 0.2) is 0 Å². The van der Waals surface area contributed by atoms with E-state index >= 15 is 0 Å². The first kappa shape index (κ1) is 17.1. The molecule has 0 aliphatic rings. The number of amides is 1. The molecule has 0 aliphatic heterocycles. The van der Waals surface area contributed by atoms with E-state index in [0.29, 0.717) is 18.7 Å². The molecule has 0 fully saturated rings. The topological polar surface area (TPSA) is 105 Å². The molecule has 114 valence electrons. The molecule has 22 heavy (non-hydrogen) atoms. The Morgan fingerprint density at radius 1 is 1.50 bits per heavy atom. The number of nitro groups is 1. The largest absolute Gasteiger partial charge is 0.383 e. The van der Waals surface area contributed by atoms with Crippen LogP contribution >= 0.6 is 0 Å². The molecule has 1 N–H and O–H groups in total. The summed E-state index contributed by atoms with van der Waals surface area (Å²) in [5.74, 6) is -0.522. The van der Waals surface area contributed by atoms with Crippen molar-refractivity contribution >= 4 is 17.7 Å². The molecule has 7 heteroatoms. The lowest BCUT2D eigenvalue weighted by molar-refractivity contribution is -0.385. The van der Waals surface area contributed by atoms with Crippen molar-refractivity contribution in [1.29, 1.82) is 5.26 Å². The zero-order valence-corrected chi connectivity index (χ0v) is 12.0. The van der Waals surface area contributed by atoms with Gasteiger partial charge >= 0.3 is 0 Å². The highest BCUT2D eigenvalue weighted by Gasteiger charge is 2.09. The van der Waals surface area contributed by atoms with E-state index in [1.807, 2.05) is 0 Å². The monoisotopic (exact) mass is 301 g/mol. The lowest BCUT2D eigenvalue weighted by atomic mass is 10.1. The van der Waals surface area contributed by atoms with Crippen LogP contribution in [-0.2, 0) is 9.53 Å². The molecule has 0 bridgehead atoms. The van der Waals surface area contributed by atoms with Crippen LogP contribution in [0, 0.1) is 21.4 Å². The van der Waals surface area contributed by atoms with Crippen LogP contribution in [0.1, 0.15) is 5.56 Å². The van der Waals surface area contributed by atoms with Crippen LogP contribution in [0.15, 0.2) is 42.0 Å². The molecule has 0 atom stereocenters. The molecule has 1 aromatic rings. The van der Waals surface area contributed by atoms with Gasteiger partial charge in [-0.2, -0.15) is 5.26 Å². The highest BCUT2D eigenvalue weighted by molar-refractivity contribution is 5.97. The summed E-state index contributed by atoms with van der Waals surface area (Å²) in [6.07, 6.45) is 4.20. The number of para-hydroxylation sites is 1. The Bertz CT molecular complexity index is 644. The quantitative estimate of drug-likeness (QED) is 0.206. The van der Waals surface area contributed by atoms with Crippen LogP contribution in [-0.4, -0.2) is 31.1 Å². The molecule has 7 nitrogen and oxygen atoms in total. The van der Waals surface area contributed by atoms with Crippen molar-refractivity contribution in [3.8, 4) is 6.07 Å². The van der Waals surface area contributed by atoms with Crippen LogP contribution in [0.3, 0.4) is 0 Å². The van der Waals surface area contributed by atoms with E-state index in [1.54, 1.807) is 24.3 Å². The number of nitrogens with zero attached hydrogens (tertiary/aromatic N) is 2. The van der Waals surface area contributed by atoms with Crippen molar-refractivity contribution in [3.63, 3.8) is 0 Å². The number of hydrogen-bond acceptors (Lipinski definition) is 5. The number of nitriles is 1. The van der Waals surface area contributed by atoms with Gasteiger partial charge in [0.25, 0.3) is 11.6 Å². The maximum absolute atomic E-state index is 11.7. The Balaban J connectivity index is 2.82. The SMILES string of the molecule is COCCNC(=O)/C(C#N)=C\C=C\c1ccccc1[N+](=O)[O-]. The van der Waals surface area contributed by atoms with E-state index in [2.05, 4.69) is 5.32 Å². The van der Waals surface area contributed by atoms with Crippen LogP contribution in [0.5, 0.6) is 0 Å². The summed E-state index contributed by atoms with van der Waals surface area (Å²) in [6, 6.07) is 7.96. The smallest absolute Gasteiger partial charge is 0.276 e. The minimum absolute atomic E-state index is 0.0461. The summed E-state index contributed by atoms with van der Waals surface area (Å²) in [5.41, 5.74) is 0.252. The van der Waals surface area contributed by atoms with Gasteiger partial charge in [0.1, 0.15) is 11.6 Å². The van der Waals surface area contributed by atoms with Gasteiger partial charge < -0.3 is 10.1 Å². The number of allylic oxidation sites excluding steroid dienone is 2. The molecule has 1 amide bonds. The number of carbonyl (C=O) groups excluding carboxylic acids is 1. The summed E-state index contributed by atoms with van der Waals surface area (Å²) >= 11 is 0. The summed E-state index contributed by atoms with van der Waals surface area (Å²) < 4.78 is 4.79. The standard InChI is InChI=1S/C15H15N3O4/c1-22-10-9-17-15(19)13(11-16)7-4-6-12-5-2-3-8-14(12)18(20)21/h2-8H,9-10H2,1H3,(H,17,19)/b6-4+,13-7-. The second kappa shape index (κ2) is 9.05. The fourth-order valence-electron chi connectivity index (χ4n) is 1.57. The minimum atomic E-state index is -0.522. The van der Waals surface area contributed by atoms with E-state index in [9.17, 15) is 14.9 Å². The van der Waals surface area contributed by atoms with Crippen molar-refractivity contribution in [2.45, 2.75) is 0 Å². The zero-order chi connectivity index (χ0) is 16.4. The molecule has 1 rings (SSSR count). The van der Waals surface area contributed by atoms with Crippen LogP contribution in [0.4, 0.5) is 5.69 Å². The highest BCUT2D eigenvalue weighted by Crippen LogP contribution is 2.18. The lowest BCUT2D eigenvalue weighted by Crippen LogP contribution is -2.27. The Morgan fingerprint density at radius 3 is 2.86 bits per heavy atom. The number of hydrogen-bond donors (Lipinski definition) is 1. The average Bonchev–Trinajstić information content (AvgIpc) is 2.52.